The minimum atomic E-state index is -0.440. The van der Waals surface area contributed by atoms with Gasteiger partial charge in [0.15, 0.2) is 5.78 Å². The first-order valence-corrected chi connectivity index (χ1v) is 5.86. The molecule has 5 heteroatoms. The number of benzene rings is 1. The van der Waals surface area contributed by atoms with Gasteiger partial charge in [0, 0.05) is 34.6 Å². The zero-order valence-electron chi connectivity index (χ0n) is 11.0. The van der Waals surface area contributed by atoms with E-state index in [9.17, 15) is 14.9 Å². The van der Waals surface area contributed by atoms with Crippen LogP contribution in [0.1, 0.15) is 28.7 Å². The van der Waals surface area contributed by atoms with Gasteiger partial charge in [-0.15, -0.1) is 0 Å². The van der Waals surface area contributed by atoms with E-state index in [1.165, 1.54) is 19.1 Å². The smallest absolute Gasteiger partial charge is 0.269 e. The second-order valence-corrected chi connectivity index (χ2v) is 4.49. The number of nitro benzene ring substituents is 1. The van der Waals surface area contributed by atoms with Crippen molar-refractivity contribution in [2.24, 2.45) is 0 Å². The minimum absolute atomic E-state index is 0.0183. The largest absolute Gasteiger partial charge is 0.362 e. The fourth-order valence-electron chi connectivity index (χ4n) is 2.33. The van der Waals surface area contributed by atoms with Crippen LogP contribution in [0.15, 0.2) is 24.3 Å². The van der Waals surface area contributed by atoms with Crippen LogP contribution >= 0.6 is 0 Å². The number of nitrogens with one attached hydrogen (secondary N) is 1. The fraction of sp³-hybridized carbons (Fsp3) is 0.214. The summed E-state index contributed by atoms with van der Waals surface area (Å²) in [6, 6.07) is 6.22. The Labute approximate surface area is 110 Å². The van der Waals surface area contributed by atoms with Gasteiger partial charge in [0.2, 0.25) is 0 Å². The highest BCUT2D eigenvalue weighted by Crippen LogP contribution is 2.31. The molecule has 1 aromatic carbocycles. The number of hydrogen-bond acceptors (Lipinski definition) is 3. The quantitative estimate of drug-likeness (QED) is 0.520. The maximum absolute atomic E-state index is 11.7. The molecule has 19 heavy (non-hydrogen) atoms. The Kier molecular flexibility index (Phi) is 3.21. The van der Waals surface area contributed by atoms with Gasteiger partial charge in [0.25, 0.3) is 5.69 Å². The summed E-state index contributed by atoms with van der Waals surface area (Å²) < 4.78 is 0. The van der Waals surface area contributed by atoms with Gasteiger partial charge in [-0.2, -0.15) is 0 Å². The monoisotopic (exact) mass is 258 g/mol. The van der Waals surface area contributed by atoms with Crippen molar-refractivity contribution in [2.45, 2.75) is 20.8 Å². The summed E-state index contributed by atoms with van der Waals surface area (Å²) >= 11 is 0. The summed E-state index contributed by atoms with van der Waals surface area (Å²) in [6.07, 6.45) is 0. The summed E-state index contributed by atoms with van der Waals surface area (Å²) in [5.41, 5.74) is 4.01. The first-order chi connectivity index (χ1) is 8.91. The molecule has 0 atom stereocenters. The molecule has 2 aromatic rings. The molecule has 0 aliphatic rings. The third-order valence-corrected chi connectivity index (χ3v) is 3.09. The normalized spacial score (nSPS) is 10.5. The molecule has 0 saturated carbocycles. The lowest BCUT2D eigenvalue weighted by atomic mass is 9.98. The molecule has 98 valence electrons. The van der Waals surface area contributed by atoms with E-state index in [2.05, 4.69) is 4.98 Å². The van der Waals surface area contributed by atoms with Crippen molar-refractivity contribution in [2.75, 3.05) is 0 Å². The zero-order chi connectivity index (χ0) is 14.2. The standard InChI is InChI=1S/C14H14N2O3/c1-8-13(10(3)17)14(9(2)15-8)11-4-6-12(7-5-11)16(18)19/h4-7,15H,1-3H3. The number of non-ortho nitro benzene ring substituents is 1. The molecule has 1 heterocycles. The Balaban J connectivity index is 2.58. The number of ketones is 1. The molecule has 1 aromatic heterocycles. The summed E-state index contributed by atoms with van der Waals surface area (Å²) in [7, 11) is 0. The van der Waals surface area contributed by atoms with Gasteiger partial charge < -0.3 is 4.98 Å². The zero-order valence-corrected chi connectivity index (χ0v) is 11.0. The second-order valence-electron chi connectivity index (χ2n) is 4.49. The predicted molar refractivity (Wildman–Crippen MR) is 72.4 cm³/mol. The second kappa shape index (κ2) is 4.68. The molecule has 0 amide bonds. The van der Waals surface area contributed by atoms with Gasteiger partial charge in [-0.05, 0) is 38.5 Å². The number of nitrogens with zero attached hydrogens (tertiary/aromatic N) is 1. The molecule has 0 bridgehead atoms. The van der Waals surface area contributed by atoms with E-state index in [0.717, 1.165) is 22.5 Å². The lowest BCUT2D eigenvalue weighted by molar-refractivity contribution is -0.384. The molecule has 0 aliphatic heterocycles. The summed E-state index contributed by atoms with van der Waals surface area (Å²) in [5.74, 6) is -0.0183. The van der Waals surface area contributed by atoms with Gasteiger partial charge in [-0.3, -0.25) is 14.9 Å². The Morgan fingerprint density at radius 2 is 1.74 bits per heavy atom. The van der Waals surface area contributed by atoms with Crippen molar-refractivity contribution in [3.63, 3.8) is 0 Å². The van der Waals surface area contributed by atoms with E-state index in [1.807, 2.05) is 13.8 Å². The van der Waals surface area contributed by atoms with Crippen LogP contribution in [0.3, 0.4) is 0 Å². The van der Waals surface area contributed by atoms with Crippen molar-refractivity contribution >= 4 is 11.5 Å². The Morgan fingerprint density at radius 3 is 2.21 bits per heavy atom. The van der Waals surface area contributed by atoms with Gasteiger partial charge in [-0.1, -0.05) is 0 Å². The van der Waals surface area contributed by atoms with Crippen molar-refractivity contribution in [3.05, 3.63) is 51.3 Å². The average molecular weight is 258 g/mol. The van der Waals surface area contributed by atoms with Crippen LogP contribution in [0, 0.1) is 24.0 Å². The summed E-state index contributed by atoms with van der Waals surface area (Å²) in [6.45, 7) is 5.25. The van der Waals surface area contributed by atoms with Crippen molar-refractivity contribution in [3.8, 4) is 11.1 Å². The van der Waals surface area contributed by atoms with E-state index < -0.39 is 4.92 Å². The Hall–Kier alpha value is -2.43. The summed E-state index contributed by atoms with van der Waals surface area (Å²) in [5, 5.41) is 10.6. The molecule has 1 N–H and O–H groups in total. The number of rotatable bonds is 3. The molecular weight excluding hydrogens is 244 g/mol. The van der Waals surface area contributed by atoms with Gasteiger partial charge in [-0.25, -0.2) is 0 Å². The third kappa shape index (κ3) is 2.27. The van der Waals surface area contributed by atoms with E-state index in [0.29, 0.717) is 5.56 Å². The SMILES string of the molecule is CC(=O)c1c(C)[nH]c(C)c1-c1ccc([N+](=O)[O-])cc1. The van der Waals surface area contributed by atoms with Crippen molar-refractivity contribution in [1.82, 2.24) is 4.98 Å². The number of aryl methyl sites for hydroxylation is 2. The van der Waals surface area contributed by atoms with Crippen LogP contribution in [0.2, 0.25) is 0 Å². The maximum Gasteiger partial charge on any atom is 0.269 e. The predicted octanol–water partition coefficient (Wildman–Crippen LogP) is 3.41. The number of carbonyl (C=O) groups excluding carboxylic acids is 1. The van der Waals surface area contributed by atoms with Crippen LogP contribution in [-0.4, -0.2) is 15.7 Å². The number of aromatic nitrogens is 1. The van der Waals surface area contributed by atoms with Gasteiger partial charge in [0.05, 0.1) is 4.92 Å². The topological polar surface area (TPSA) is 76.0 Å². The van der Waals surface area contributed by atoms with E-state index in [1.54, 1.807) is 12.1 Å². The van der Waals surface area contributed by atoms with Crippen LogP contribution in [-0.2, 0) is 0 Å². The third-order valence-electron chi connectivity index (χ3n) is 3.09. The van der Waals surface area contributed by atoms with Crippen LogP contribution < -0.4 is 0 Å². The molecule has 0 fully saturated rings. The summed E-state index contributed by atoms with van der Waals surface area (Å²) in [4.78, 5) is 25.1. The Bertz CT molecular complexity index is 654. The number of hydrogen-bond donors (Lipinski definition) is 1. The van der Waals surface area contributed by atoms with E-state index >= 15 is 0 Å². The molecule has 0 spiro atoms. The fourth-order valence-corrected chi connectivity index (χ4v) is 2.33. The van der Waals surface area contributed by atoms with Crippen molar-refractivity contribution in [1.29, 1.82) is 0 Å². The molecular formula is C14H14N2O3. The molecule has 2 rings (SSSR count). The number of H-pyrrole nitrogens is 1. The lowest BCUT2D eigenvalue weighted by Crippen LogP contribution is -1.96. The highest BCUT2D eigenvalue weighted by molar-refractivity contribution is 6.02. The number of carbonyl (C=O) groups is 1. The molecule has 0 aliphatic carbocycles. The van der Waals surface area contributed by atoms with Crippen molar-refractivity contribution < 1.29 is 9.72 Å². The minimum Gasteiger partial charge on any atom is -0.362 e. The van der Waals surface area contributed by atoms with E-state index in [4.69, 9.17) is 0 Å². The lowest BCUT2D eigenvalue weighted by Gasteiger charge is -2.04. The molecule has 5 nitrogen and oxygen atoms in total. The number of nitro groups is 1. The Morgan fingerprint density at radius 1 is 1.16 bits per heavy atom. The van der Waals surface area contributed by atoms with Crippen LogP contribution in [0.5, 0.6) is 0 Å². The number of aromatic amines is 1. The highest BCUT2D eigenvalue weighted by atomic mass is 16.6. The number of Topliss-reactive ketones (excluding diaryl/α,β-unsaturated/α-hetero) is 1. The maximum atomic E-state index is 11.7. The van der Waals surface area contributed by atoms with Gasteiger partial charge in [0.1, 0.15) is 0 Å². The first kappa shape index (κ1) is 13.0. The highest BCUT2D eigenvalue weighted by Gasteiger charge is 2.18. The molecule has 0 unspecified atom stereocenters. The van der Waals surface area contributed by atoms with Crippen LogP contribution in [0.4, 0.5) is 5.69 Å². The van der Waals surface area contributed by atoms with Crippen LogP contribution in [0.25, 0.3) is 11.1 Å². The molecule has 0 saturated heterocycles. The van der Waals surface area contributed by atoms with E-state index in [-0.39, 0.29) is 11.5 Å². The molecule has 0 radical (unpaired) electrons. The first-order valence-electron chi connectivity index (χ1n) is 5.86. The van der Waals surface area contributed by atoms with Gasteiger partial charge >= 0.3 is 0 Å². The average Bonchev–Trinajstić information content (AvgIpc) is 2.64.